The maximum Gasteiger partial charge on any atom is 0.104 e. The molecule has 1 N–H and O–H groups in total. The van der Waals surface area contributed by atoms with Crippen molar-refractivity contribution in [3.63, 3.8) is 0 Å². The van der Waals surface area contributed by atoms with Crippen LogP contribution in [-0.2, 0) is 0 Å². The molecule has 0 aromatic heterocycles. The van der Waals surface area contributed by atoms with E-state index in [0.29, 0.717) is 0 Å². The summed E-state index contributed by atoms with van der Waals surface area (Å²) in [5.74, 6) is 5.63. The number of anilines is 1. The Kier molecular flexibility index (Phi) is 4.89. The van der Waals surface area contributed by atoms with E-state index in [1.807, 2.05) is 18.2 Å². The summed E-state index contributed by atoms with van der Waals surface area (Å²) in [6.07, 6.45) is 0. The fourth-order valence-corrected chi connectivity index (χ4v) is 2.25. The second-order valence-electron chi connectivity index (χ2n) is 4.25. The summed E-state index contributed by atoms with van der Waals surface area (Å²) in [6, 6.07) is 7.97. The molecule has 1 aromatic rings. The molecular formula is C14H17ClN2O. The molecule has 1 aromatic carbocycles. The Bertz CT molecular complexity index is 445. The van der Waals surface area contributed by atoms with E-state index in [2.05, 4.69) is 27.7 Å². The first-order chi connectivity index (χ1) is 8.79. The molecule has 0 bridgehead atoms. The lowest BCUT2D eigenvalue weighted by molar-refractivity contribution is 0.287. The number of hydrogen-bond donors (Lipinski definition) is 1. The number of halogens is 1. The van der Waals surface area contributed by atoms with Gasteiger partial charge >= 0.3 is 0 Å². The van der Waals surface area contributed by atoms with Crippen molar-refractivity contribution in [2.24, 2.45) is 0 Å². The third-order valence-corrected chi connectivity index (χ3v) is 3.29. The van der Waals surface area contributed by atoms with Crippen LogP contribution in [0.4, 0.5) is 5.69 Å². The van der Waals surface area contributed by atoms with Gasteiger partial charge in [-0.1, -0.05) is 29.5 Å². The Balaban J connectivity index is 1.86. The highest BCUT2D eigenvalue weighted by Crippen LogP contribution is 2.20. The topological polar surface area (TPSA) is 26.7 Å². The summed E-state index contributed by atoms with van der Waals surface area (Å²) >= 11 is 6.00. The van der Waals surface area contributed by atoms with Crippen molar-refractivity contribution >= 4 is 17.3 Å². The van der Waals surface area contributed by atoms with Crippen LogP contribution in [0.2, 0.25) is 5.02 Å². The number of rotatable bonds is 2. The summed E-state index contributed by atoms with van der Waals surface area (Å²) in [4.78, 5) is 4.63. The van der Waals surface area contributed by atoms with E-state index in [1.165, 1.54) is 5.69 Å². The molecule has 0 radical (unpaired) electrons. The average Bonchev–Trinajstić information content (AvgIpc) is 2.40. The summed E-state index contributed by atoms with van der Waals surface area (Å²) in [5.41, 5.74) is 1.18. The first-order valence-electron chi connectivity index (χ1n) is 6.09. The van der Waals surface area contributed by atoms with Crippen LogP contribution in [0.25, 0.3) is 0 Å². The van der Waals surface area contributed by atoms with E-state index in [0.717, 1.165) is 37.7 Å². The van der Waals surface area contributed by atoms with Crippen molar-refractivity contribution in [3.8, 4) is 11.8 Å². The van der Waals surface area contributed by atoms with Crippen LogP contribution in [-0.4, -0.2) is 49.3 Å². The third kappa shape index (κ3) is 3.64. The molecule has 18 heavy (non-hydrogen) atoms. The van der Waals surface area contributed by atoms with Crippen LogP contribution in [0, 0.1) is 11.8 Å². The van der Waals surface area contributed by atoms with Gasteiger partial charge < -0.3 is 10.0 Å². The Morgan fingerprint density at radius 2 is 1.94 bits per heavy atom. The monoisotopic (exact) mass is 264 g/mol. The molecule has 0 aliphatic carbocycles. The van der Waals surface area contributed by atoms with Gasteiger partial charge in [-0.15, -0.1) is 0 Å². The number of aliphatic hydroxyl groups excluding tert-OH is 1. The molecule has 1 aliphatic heterocycles. The van der Waals surface area contributed by atoms with Gasteiger partial charge in [-0.2, -0.15) is 0 Å². The molecule has 96 valence electrons. The Morgan fingerprint density at radius 1 is 1.17 bits per heavy atom. The SMILES string of the molecule is OCC#CCN1CCN(c2cccc(Cl)c2)CC1. The van der Waals surface area contributed by atoms with Gasteiger partial charge in [0.2, 0.25) is 0 Å². The number of aliphatic hydroxyl groups is 1. The molecule has 1 heterocycles. The Hall–Kier alpha value is -1.21. The highest BCUT2D eigenvalue weighted by Gasteiger charge is 2.16. The molecule has 1 aliphatic rings. The van der Waals surface area contributed by atoms with E-state index in [9.17, 15) is 0 Å². The normalized spacial score (nSPS) is 16.2. The summed E-state index contributed by atoms with van der Waals surface area (Å²) in [6.45, 7) is 4.65. The van der Waals surface area contributed by atoms with Gasteiger partial charge in [0.05, 0.1) is 6.54 Å². The van der Waals surface area contributed by atoms with Gasteiger partial charge in [0.25, 0.3) is 0 Å². The van der Waals surface area contributed by atoms with E-state index >= 15 is 0 Å². The van der Waals surface area contributed by atoms with Gasteiger partial charge in [0.1, 0.15) is 6.61 Å². The van der Waals surface area contributed by atoms with Crippen molar-refractivity contribution in [2.45, 2.75) is 0 Å². The van der Waals surface area contributed by atoms with Crippen LogP contribution < -0.4 is 4.90 Å². The molecule has 3 nitrogen and oxygen atoms in total. The summed E-state index contributed by atoms with van der Waals surface area (Å²) in [5, 5.41) is 9.38. The fraction of sp³-hybridized carbons (Fsp3) is 0.429. The molecule has 4 heteroatoms. The van der Waals surface area contributed by atoms with Crippen molar-refractivity contribution in [1.82, 2.24) is 4.90 Å². The first-order valence-corrected chi connectivity index (χ1v) is 6.47. The molecule has 0 saturated carbocycles. The predicted molar refractivity (Wildman–Crippen MR) is 75.0 cm³/mol. The highest BCUT2D eigenvalue weighted by molar-refractivity contribution is 6.30. The molecule has 0 spiro atoms. The fourth-order valence-electron chi connectivity index (χ4n) is 2.06. The summed E-state index contributed by atoms with van der Waals surface area (Å²) < 4.78 is 0. The predicted octanol–water partition coefficient (Wildman–Crippen LogP) is 1.46. The molecule has 0 unspecified atom stereocenters. The van der Waals surface area contributed by atoms with Crippen LogP contribution >= 0.6 is 11.6 Å². The van der Waals surface area contributed by atoms with Crippen molar-refractivity contribution in [3.05, 3.63) is 29.3 Å². The minimum Gasteiger partial charge on any atom is -0.384 e. The molecule has 0 atom stereocenters. The molecule has 0 amide bonds. The van der Waals surface area contributed by atoms with Gasteiger partial charge in [0, 0.05) is 36.9 Å². The minimum absolute atomic E-state index is 0.0531. The van der Waals surface area contributed by atoms with E-state index in [4.69, 9.17) is 16.7 Å². The zero-order valence-corrected chi connectivity index (χ0v) is 11.0. The van der Waals surface area contributed by atoms with Crippen LogP contribution in [0.15, 0.2) is 24.3 Å². The lowest BCUT2D eigenvalue weighted by Crippen LogP contribution is -2.46. The Labute approximate surface area is 113 Å². The summed E-state index contributed by atoms with van der Waals surface area (Å²) in [7, 11) is 0. The number of nitrogens with zero attached hydrogens (tertiary/aromatic N) is 2. The third-order valence-electron chi connectivity index (χ3n) is 3.05. The second-order valence-corrected chi connectivity index (χ2v) is 4.69. The highest BCUT2D eigenvalue weighted by atomic mass is 35.5. The largest absolute Gasteiger partial charge is 0.384 e. The minimum atomic E-state index is -0.0531. The number of hydrogen-bond acceptors (Lipinski definition) is 3. The molecule has 2 rings (SSSR count). The zero-order valence-electron chi connectivity index (χ0n) is 10.3. The second kappa shape index (κ2) is 6.65. The zero-order chi connectivity index (χ0) is 12.8. The van der Waals surface area contributed by atoms with Crippen LogP contribution in [0.5, 0.6) is 0 Å². The van der Waals surface area contributed by atoms with Gasteiger partial charge in [-0.25, -0.2) is 0 Å². The first kappa shape index (κ1) is 13.2. The maximum atomic E-state index is 8.60. The lowest BCUT2D eigenvalue weighted by atomic mass is 10.2. The number of piperazine rings is 1. The average molecular weight is 265 g/mol. The van der Waals surface area contributed by atoms with Crippen LogP contribution in [0.1, 0.15) is 0 Å². The van der Waals surface area contributed by atoms with Gasteiger partial charge in [-0.05, 0) is 18.2 Å². The maximum absolute atomic E-state index is 8.60. The van der Waals surface area contributed by atoms with E-state index in [-0.39, 0.29) is 6.61 Å². The molecule has 1 fully saturated rings. The standard InChI is InChI=1S/C14H17ClN2O/c15-13-4-3-5-14(12-13)17-9-7-16(8-10-17)6-1-2-11-18/h3-5,12,18H,6-11H2. The van der Waals surface area contributed by atoms with Crippen molar-refractivity contribution < 1.29 is 5.11 Å². The van der Waals surface area contributed by atoms with Crippen molar-refractivity contribution in [2.75, 3.05) is 44.2 Å². The number of benzene rings is 1. The van der Waals surface area contributed by atoms with E-state index in [1.54, 1.807) is 0 Å². The van der Waals surface area contributed by atoms with Crippen LogP contribution in [0.3, 0.4) is 0 Å². The van der Waals surface area contributed by atoms with Crippen molar-refractivity contribution in [1.29, 1.82) is 0 Å². The molecule has 1 saturated heterocycles. The molecular weight excluding hydrogens is 248 g/mol. The quantitative estimate of drug-likeness (QED) is 0.820. The Morgan fingerprint density at radius 3 is 2.61 bits per heavy atom. The van der Waals surface area contributed by atoms with Gasteiger partial charge in [-0.3, -0.25) is 4.90 Å². The van der Waals surface area contributed by atoms with E-state index < -0.39 is 0 Å². The smallest absolute Gasteiger partial charge is 0.104 e. The lowest BCUT2D eigenvalue weighted by Gasteiger charge is -2.35. The van der Waals surface area contributed by atoms with Gasteiger partial charge in [0.15, 0.2) is 0 Å².